The van der Waals surface area contributed by atoms with Crippen LogP contribution in [-0.2, 0) is 5.54 Å². The van der Waals surface area contributed by atoms with Crippen LogP contribution in [0, 0.1) is 0 Å². The summed E-state index contributed by atoms with van der Waals surface area (Å²) in [6.45, 7) is 0. The highest BCUT2D eigenvalue weighted by Gasteiger charge is 2.38. The lowest BCUT2D eigenvalue weighted by atomic mass is 9.94. The average Bonchev–Trinajstić information content (AvgIpc) is 3.09. The van der Waals surface area contributed by atoms with E-state index in [1.165, 1.54) is 12.8 Å². The summed E-state index contributed by atoms with van der Waals surface area (Å²) in [7, 11) is 0. The molecule has 110 valence electrons. The van der Waals surface area contributed by atoms with Crippen molar-refractivity contribution in [2.24, 2.45) is 0 Å². The molecule has 1 aromatic heterocycles. The zero-order valence-electron chi connectivity index (χ0n) is 11.6. The molecule has 1 aliphatic rings. The molecule has 1 heterocycles. The zero-order chi connectivity index (χ0) is 14.7. The van der Waals surface area contributed by atoms with Gasteiger partial charge in [-0.2, -0.15) is 0 Å². The van der Waals surface area contributed by atoms with E-state index >= 15 is 0 Å². The van der Waals surface area contributed by atoms with E-state index in [0.29, 0.717) is 5.11 Å². The van der Waals surface area contributed by atoms with E-state index in [0.717, 1.165) is 28.8 Å². The molecule has 0 bridgehead atoms. The SMILES string of the molecule is S=C(Nc1cccc(Br)c1)NC1(c2ccco2)CCCC1. The predicted octanol–water partition coefficient (Wildman–Crippen LogP) is 4.80. The second-order valence-electron chi connectivity index (χ2n) is 5.36. The van der Waals surface area contributed by atoms with Crippen LogP contribution < -0.4 is 10.6 Å². The van der Waals surface area contributed by atoms with E-state index in [1.54, 1.807) is 6.26 Å². The molecule has 0 radical (unpaired) electrons. The van der Waals surface area contributed by atoms with Crippen LogP contribution in [0.3, 0.4) is 0 Å². The van der Waals surface area contributed by atoms with Gasteiger partial charge < -0.3 is 15.1 Å². The summed E-state index contributed by atoms with van der Waals surface area (Å²) in [6, 6.07) is 11.9. The average molecular weight is 365 g/mol. The molecule has 5 heteroatoms. The molecule has 3 nitrogen and oxygen atoms in total. The summed E-state index contributed by atoms with van der Waals surface area (Å²) < 4.78 is 6.66. The molecule has 1 aliphatic carbocycles. The van der Waals surface area contributed by atoms with Crippen LogP contribution in [0.15, 0.2) is 51.6 Å². The molecule has 2 N–H and O–H groups in total. The smallest absolute Gasteiger partial charge is 0.171 e. The minimum absolute atomic E-state index is 0.167. The third-order valence-corrected chi connectivity index (χ3v) is 4.58. The minimum Gasteiger partial charge on any atom is -0.467 e. The van der Waals surface area contributed by atoms with Crippen molar-refractivity contribution in [3.05, 3.63) is 52.9 Å². The van der Waals surface area contributed by atoms with E-state index in [4.69, 9.17) is 16.6 Å². The van der Waals surface area contributed by atoms with Gasteiger partial charge in [-0.1, -0.05) is 34.8 Å². The highest BCUT2D eigenvalue weighted by Crippen LogP contribution is 2.39. The van der Waals surface area contributed by atoms with Gasteiger partial charge >= 0.3 is 0 Å². The van der Waals surface area contributed by atoms with Gasteiger partial charge in [-0.05, 0) is 55.4 Å². The van der Waals surface area contributed by atoms with Crippen LogP contribution >= 0.6 is 28.1 Å². The molecule has 1 aromatic carbocycles. The first-order chi connectivity index (χ1) is 10.2. The number of hydrogen-bond acceptors (Lipinski definition) is 2. The molecule has 2 aromatic rings. The normalized spacial score (nSPS) is 16.6. The highest BCUT2D eigenvalue weighted by molar-refractivity contribution is 9.10. The van der Waals surface area contributed by atoms with Gasteiger partial charge in [0.05, 0.1) is 11.8 Å². The summed E-state index contributed by atoms with van der Waals surface area (Å²) >= 11 is 8.95. The lowest BCUT2D eigenvalue weighted by molar-refractivity contribution is 0.317. The predicted molar refractivity (Wildman–Crippen MR) is 92.4 cm³/mol. The third-order valence-electron chi connectivity index (χ3n) is 3.89. The first-order valence-corrected chi connectivity index (χ1v) is 8.27. The summed E-state index contributed by atoms with van der Waals surface area (Å²) in [4.78, 5) is 0. The molecular formula is C16H17BrN2OS. The quantitative estimate of drug-likeness (QED) is 0.767. The van der Waals surface area contributed by atoms with Crippen molar-refractivity contribution in [1.82, 2.24) is 5.32 Å². The summed E-state index contributed by atoms with van der Waals surface area (Å²) in [5.74, 6) is 0.971. The monoisotopic (exact) mass is 364 g/mol. The van der Waals surface area contributed by atoms with Crippen LogP contribution in [-0.4, -0.2) is 5.11 Å². The maximum Gasteiger partial charge on any atom is 0.171 e. The Hall–Kier alpha value is -1.33. The van der Waals surface area contributed by atoms with Gasteiger partial charge in [0.15, 0.2) is 5.11 Å². The maximum absolute atomic E-state index is 5.63. The van der Waals surface area contributed by atoms with Crippen molar-refractivity contribution < 1.29 is 4.42 Å². The van der Waals surface area contributed by atoms with E-state index in [2.05, 4.69) is 26.6 Å². The highest BCUT2D eigenvalue weighted by atomic mass is 79.9. The van der Waals surface area contributed by atoms with Crippen LogP contribution in [0.25, 0.3) is 0 Å². The van der Waals surface area contributed by atoms with E-state index in [1.807, 2.05) is 36.4 Å². The van der Waals surface area contributed by atoms with Crippen LogP contribution in [0.5, 0.6) is 0 Å². The van der Waals surface area contributed by atoms with Crippen molar-refractivity contribution in [2.75, 3.05) is 5.32 Å². The van der Waals surface area contributed by atoms with Crippen LogP contribution in [0.4, 0.5) is 5.69 Å². The Balaban J connectivity index is 1.73. The van der Waals surface area contributed by atoms with Gasteiger partial charge in [0.2, 0.25) is 0 Å². The third kappa shape index (κ3) is 3.30. The van der Waals surface area contributed by atoms with Crippen molar-refractivity contribution in [1.29, 1.82) is 0 Å². The van der Waals surface area contributed by atoms with E-state index < -0.39 is 0 Å². The number of thiocarbonyl (C=S) groups is 1. The number of rotatable bonds is 3. The molecule has 3 rings (SSSR count). The Morgan fingerprint density at radius 2 is 2.00 bits per heavy atom. The topological polar surface area (TPSA) is 37.2 Å². The van der Waals surface area contributed by atoms with Gasteiger partial charge in [-0.3, -0.25) is 0 Å². The summed E-state index contributed by atoms with van der Waals surface area (Å²) in [6.07, 6.45) is 6.18. The number of anilines is 1. The molecule has 1 saturated carbocycles. The Morgan fingerprint density at radius 1 is 1.19 bits per heavy atom. The number of halogens is 1. The fourth-order valence-electron chi connectivity index (χ4n) is 2.91. The van der Waals surface area contributed by atoms with Crippen molar-refractivity contribution in [3.63, 3.8) is 0 Å². The fourth-order valence-corrected chi connectivity index (χ4v) is 3.62. The second kappa shape index (κ2) is 6.20. The van der Waals surface area contributed by atoms with Gasteiger partial charge in [-0.15, -0.1) is 0 Å². The summed E-state index contributed by atoms with van der Waals surface area (Å²) in [5.41, 5.74) is 0.800. The van der Waals surface area contributed by atoms with Crippen LogP contribution in [0.1, 0.15) is 31.4 Å². The molecule has 21 heavy (non-hydrogen) atoms. The lowest BCUT2D eigenvalue weighted by Gasteiger charge is -2.29. The Kier molecular flexibility index (Phi) is 4.31. The van der Waals surface area contributed by atoms with Crippen LogP contribution in [0.2, 0.25) is 0 Å². The van der Waals surface area contributed by atoms with Crippen molar-refractivity contribution in [2.45, 2.75) is 31.2 Å². The minimum atomic E-state index is -0.167. The Labute approximate surface area is 138 Å². The molecule has 0 aliphatic heterocycles. The Bertz CT molecular complexity index is 621. The first kappa shape index (κ1) is 14.6. The summed E-state index contributed by atoms with van der Waals surface area (Å²) in [5, 5.41) is 7.35. The van der Waals surface area contributed by atoms with Crippen molar-refractivity contribution >= 4 is 38.9 Å². The van der Waals surface area contributed by atoms with Gasteiger partial charge in [0, 0.05) is 10.2 Å². The number of furan rings is 1. The molecule has 0 atom stereocenters. The maximum atomic E-state index is 5.63. The lowest BCUT2D eigenvalue weighted by Crippen LogP contribution is -2.45. The second-order valence-corrected chi connectivity index (χ2v) is 6.68. The largest absolute Gasteiger partial charge is 0.467 e. The standard InChI is InChI=1S/C16H17BrN2OS/c17-12-5-3-6-13(11-12)18-15(21)19-16(8-1-2-9-16)14-7-4-10-20-14/h3-7,10-11H,1-2,8-9H2,(H2,18,19,21). The van der Waals surface area contributed by atoms with Gasteiger partial charge in [-0.25, -0.2) is 0 Å². The van der Waals surface area contributed by atoms with Gasteiger partial charge in [0.25, 0.3) is 0 Å². The number of nitrogens with one attached hydrogen (secondary N) is 2. The fraction of sp³-hybridized carbons (Fsp3) is 0.312. The molecule has 0 unspecified atom stereocenters. The Morgan fingerprint density at radius 3 is 2.67 bits per heavy atom. The molecular weight excluding hydrogens is 348 g/mol. The zero-order valence-corrected chi connectivity index (χ0v) is 14.0. The van der Waals surface area contributed by atoms with E-state index in [9.17, 15) is 0 Å². The van der Waals surface area contributed by atoms with E-state index in [-0.39, 0.29) is 5.54 Å². The molecule has 0 saturated heterocycles. The first-order valence-electron chi connectivity index (χ1n) is 7.07. The number of hydrogen-bond donors (Lipinski definition) is 2. The molecule has 0 spiro atoms. The molecule has 0 amide bonds. The number of benzene rings is 1. The van der Waals surface area contributed by atoms with Gasteiger partial charge in [0.1, 0.15) is 5.76 Å². The van der Waals surface area contributed by atoms with Crippen molar-refractivity contribution in [3.8, 4) is 0 Å². The molecule has 1 fully saturated rings.